The van der Waals surface area contributed by atoms with Crippen LogP contribution in [0.4, 0.5) is 0 Å². The van der Waals surface area contributed by atoms with Crippen LogP contribution in [0.3, 0.4) is 0 Å². The molecule has 0 aromatic rings. The summed E-state index contributed by atoms with van der Waals surface area (Å²) in [7, 11) is 9.45. The van der Waals surface area contributed by atoms with Gasteiger partial charge in [-0.25, -0.2) is 0 Å². The van der Waals surface area contributed by atoms with Crippen molar-refractivity contribution in [2.75, 3.05) is 28.4 Å². The van der Waals surface area contributed by atoms with Crippen LogP contribution in [0.2, 0.25) is 0 Å². The maximum absolute atomic E-state index is 5.46. The van der Waals surface area contributed by atoms with Crippen LogP contribution in [0.15, 0.2) is 0 Å². The predicted molar refractivity (Wildman–Crippen MR) is 93.3 cm³/mol. The third-order valence-electron chi connectivity index (χ3n) is 2.67. The Morgan fingerprint density at radius 2 is 1.05 bits per heavy atom. The van der Waals surface area contributed by atoms with Crippen LogP contribution in [0.1, 0.15) is 26.7 Å². The van der Waals surface area contributed by atoms with Crippen LogP contribution >= 0.6 is 31.4 Å². The highest BCUT2D eigenvalue weighted by Crippen LogP contribution is 2.43. The van der Waals surface area contributed by atoms with Crippen molar-refractivity contribution in [2.45, 2.75) is 36.4 Å². The molecule has 0 aliphatic rings. The van der Waals surface area contributed by atoms with Crippen molar-refractivity contribution in [3.63, 3.8) is 0 Å². The Morgan fingerprint density at radius 3 is 1.26 bits per heavy atom. The van der Waals surface area contributed by atoms with Gasteiger partial charge in [-0.3, -0.25) is 0 Å². The SMILES string of the molecule is CCC(SSSC(CC)[SiH](OC)OC)[SiH](OC)OC. The number of hydrogen-bond acceptors (Lipinski definition) is 7. The monoisotopic (exact) mass is 362 g/mol. The Bertz CT molecular complexity index is 189. The van der Waals surface area contributed by atoms with Crippen molar-refractivity contribution in [3.05, 3.63) is 0 Å². The standard InChI is InChI=1S/C10H26O4S3Si2/c1-7-9(18(11-3)12-4)15-17-16-10(8-2)19(13-5)14-6/h9-10,18-19H,7-8H2,1-6H3. The average molecular weight is 363 g/mol. The Labute approximate surface area is 132 Å². The summed E-state index contributed by atoms with van der Waals surface area (Å²) in [4.78, 5) is 0.936. The highest BCUT2D eigenvalue weighted by Gasteiger charge is 2.27. The van der Waals surface area contributed by atoms with Gasteiger partial charge in [-0.05, 0) is 22.7 Å². The molecule has 0 N–H and O–H groups in total. The Balaban J connectivity index is 4.15. The van der Waals surface area contributed by atoms with E-state index < -0.39 is 18.6 Å². The second-order valence-electron chi connectivity index (χ2n) is 3.83. The third-order valence-corrected chi connectivity index (χ3v) is 14.7. The number of hydrogen-bond donors (Lipinski definition) is 0. The van der Waals surface area contributed by atoms with Gasteiger partial charge in [0.2, 0.25) is 0 Å². The second kappa shape index (κ2) is 13.0. The average Bonchev–Trinajstić information content (AvgIpc) is 2.45. The van der Waals surface area contributed by atoms with Crippen molar-refractivity contribution >= 4 is 50.0 Å². The first-order valence-electron chi connectivity index (χ1n) is 6.28. The maximum atomic E-state index is 5.46. The molecule has 0 amide bonds. The van der Waals surface area contributed by atoms with Crippen molar-refractivity contribution < 1.29 is 17.7 Å². The normalized spacial score (nSPS) is 15.2. The molecule has 2 atom stereocenters. The zero-order valence-electron chi connectivity index (χ0n) is 12.6. The summed E-state index contributed by atoms with van der Waals surface area (Å²) in [5.41, 5.74) is 0. The highest BCUT2D eigenvalue weighted by atomic mass is 33.5. The van der Waals surface area contributed by atoms with Gasteiger partial charge in [0.05, 0.1) is 9.75 Å². The lowest BCUT2D eigenvalue weighted by Gasteiger charge is -2.23. The molecule has 9 heteroatoms. The van der Waals surface area contributed by atoms with Crippen LogP contribution in [0.25, 0.3) is 0 Å². The molecule has 4 nitrogen and oxygen atoms in total. The minimum Gasteiger partial charge on any atom is -0.399 e. The van der Waals surface area contributed by atoms with E-state index in [2.05, 4.69) is 13.8 Å². The topological polar surface area (TPSA) is 36.9 Å². The van der Waals surface area contributed by atoms with Crippen molar-refractivity contribution in [2.24, 2.45) is 0 Å². The third kappa shape index (κ3) is 7.77. The minimum absolute atomic E-state index is 0.468. The Kier molecular flexibility index (Phi) is 13.9. The van der Waals surface area contributed by atoms with Gasteiger partial charge >= 0.3 is 18.6 Å². The predicted octanol–water partition coefficient (Wildman–Crippen LogP) is 2.68. The molecule has 2 unspecified atom stereocenters. The van der Waals surface area contributed by atoms with E-state index in [1.807, 2.05) is 31.4 Å². The van der Waals surface area contributed by atoms with Gasteiger partial charge in [-0.2, -0.15) is 0 Å². The first-order chi connectivity index (χ1) is 9.18. The van der Waals surface area contributed by atoms with Crippen molar-refractivity contribution in [1.82, 2.24) is 0 Å². The summed E-state index contributed by atoms with van der Waals surface area (Å²) in [6.45, 7) is 4.36. The van der Waals surface area contributed by atoms with E-state index in [9.17, 15) is 0 Å². The molecule has 0 aliphatic carbocycles. The largest absolute Gasteiger partial charge is 0.399 e. The first kappa shape index (κ1) is 20.3. The Hall–Kier alpha value is 1.32. The molecule has 0 fully saturated rings. The van der Waals surface area contributed by atoms with Gasteiger partial charge in [0.25, 0.3) is 0 Å². The van der Waals surface area contributed by atoms with E-state index in [-0.39, 0.29) is 0 Å². The molecular formula is C10H26O4S3Si2. The highest BCUT2D eigenvalue weighted by molar-refractivity contribution is 9.09. The van der Waals surface area contributed by atoms with E-state index in [1.165, 1.54) is 0 Å². The lowest BCUT2D eigenvalue weighted by molar-refractivity contribution is 0.275. The summed E-state index contributed by atoms with van der Waals surface area (Å²) < 4.78 is 21.8. The molecular weight excluding hydrogens is 336 g/mol. The van der Waals surface area contributed by atoms with Crippen molar-refractivity contribution in [3.8, 4) is 0 Å². The Morgan fingerprint density at radius 1 is 0.737 bits per heavy atom. The zero-order chi connectivity index (χ0) is 14.7. The fourth-order valence-corrected chi connectivity index (χ4v) is 14.3. The lowest BCUT2D eigenvalue weighted by atomic mass is 10.6. The number of rotatable bonds is 12. The lowest BCUT2D eigenvalue weighted by Crippen LogP contribution is -2.33. The summed E-state index contributed by atoms with van der Waals surface area (Å²) in [5, 5.41) is 0. The summed E-state index contributed by atoms with van der Waals surface area (Å²) >= 11 is 0. The van der Waals surface area contributed by atoms with E-state index in [0.29, 0.717) is 9.75 Å². The molecule has 0 saturated heterocycles. The molecule has 0 aromatic carbocycles. The fraction of sp³-hybridized carbons (Fsp3) is 1.00. The maximum Gasteiger partial charge on any atom is 0.335 e. The van der Waals surface area contributed by atoms with Gasteiger partial charge in [-0.15, -0.1) is 0 Å². The van der Waals surface area contributed by atoms with E-state index in [0.717, 1.165) is 12.8 Å². The molecule has 0 rings (SSSR count). The fourth-order valence-electron chi connectivity index (χ4n) is 1.53. The van der Waals surface area contributed by atoms with Gasteiger partial charge in [0, 0.05) is 28.4 Å². The van der Waals surface area contributed by atoms with E-state index in [1.54, 1.807) is 28.4 Å². The molecule has 0 spiro atoms. The van der Waals surface area contributed by atoms with Crippen molar-refractivity contribution in [1.29, 1.82) is 0 Å². The van der Waals surface area contributed by atoms with Crippen LogP contribution in [0, 0.1) is 0 Å². The second-order valence-corrected chi connectivity index (χ2v) is 14.3. The molecule has 0 saturated carbocycles. The molecule has 0 bridgehead atoms. The summed E-state index contributed by atoms with van der Waals surface area (Å²) in [6.07, 6.45) is 2.14. The zero-order valence-corrected chi connectivity index (χ0v) is 17.3. The first-order valence-corrected chi connectivity index (χ1v) is 13.1. The van der Waals surface area contributed by atoms with Gasteiger partial charge in [-0.1, -0.05) is 35.4 Å². The molecule has 0 aromatic heterocycles. The molecule has 19 heavy (non-hydrogen) atoms. The minimum atomic E-state index is -1.54. The smallest absolute Gasteiger partial charge is 0.335 e. The summed E-state index contributed by atoms with van der Waals surface area (Å²) in [6, 6.07) is 0. The van der Waals surface area contributed by atoms with Crippen LogP contribution in [0.5, 0.6) is 0 Å². The molecule has 116 valence electrons. The molecule has 0 heterocycles. The summed E-state index contributed by atoms with van der Waals surface area (Å²) in [5.74, 6) is 0. The van der Waals surface area contributed by atoms with E-state index >= 15 is 0 Å². The quantitative estimate of drug-likeness (QED) is 0.390. The van der Waals surface area contributed by atoms with Gasteiger partial charge in [0.15, 0.2) is 0 Å². The molecule has 0 aliphatic heterocycles. The van der Waals surface area contributed by atoms with Crippen LogP contribution < -0.4 is 0 Å². The molecule has 0 radical (unpaired) electrons. The van der Waals surface area contributed by atoms with E-state index in [4.69, 9.17) is 17.7 Å². The van der Waals surface area contributed by atoms with Crippen LogP contribution in [-0.2, 0) is 17.7 Å². The van der Waals surface area contributed by atoms with Gasteiger partial charge in [0.1, 0.15) is 0 Å². The van der Waals surface area contributed by atoms with Crippen LogP contribution in [-0.4, -0.2) is 56.8 Å². The van der Waals surface area contributed by atoms with Gasteiger partial charge < -0.3 is 17.7 Å².